The normalized spacial score (nSPS) is 9.82. The van der Waals surface area contributed by atoms with Gasteiger partial charge in [0.2, 0.25) is 0 Å². The minimum Gasteiger partial charge on any atom is -1.00 e. The van der Waals surface area contributed by atoms with Gasteiger partial charge in [-0.25, -0.2) is 0 Å². The molecule has 0 unspecified atom stereocenters. The summed E-state index contributed by atoms with van der Waals surface area (Å²) in [5, 5.41) is 10.5. The summed E-state index contributed by atoms with van der Waals surface area (Å²) in [4.78, 5) is 12.4. The van der Waals surface area contributed by atoms with Crippen molar-refractivity contribution in [1.29, 1.82) is 0 Å². The fourth-order valence-corrected chi connectivity index (χ4v) is 2.56. The fraction of sp³-hybridized carbons (Fsp3) is 0.381. The molecule has 1 N–H and O–H groups in total. The van der Waals surface area contributed by atoms with Gasteiger partial charge in [-0.3, -0.25) is 4.79 Å². The van der Waals surface area contributed by atoms with E-state index in [2.05, 4.69) is 0 Å². The molecule has 3 nitrogen and oxygen atoms in total. The largest absolute Gasteiger partial charge is 3.00 e. The Labute approximate surface area is 201 Å². The van der Waals surface area contributed by atoms with E-state index >= 15 is 0 Å². The summed E-state index contributed by atoms with van der Waals surface area (Å²) < 4.78 is 5.70. The SMILES string of the molecule is Cc1ccc(O)c(-c2c(OC(=O)C(C)(C)C)ccc(C)c2C)c1C.[Cl-].[Cl-].[Cl-].[Ti+3]. The van der Waals surface area contributed by atoms with Crippen molar-refractivity contribution < 1.29 is 73.6 Å². The number of halogens is 3. The molecule has 0 aromatic heterocycles. The first kappa shape index (κ1) is 32.0. The first-order chi connectivity index (χ1) is 11.0. The number of ether oxygens (including phenoxy) is 1. The Bertz CT molecular complexity index is 816. The summed E-state index contributed by atoms with van der Waals surface area (Å²) in [5.74, 6) is 0.388. The van der Waals surface area contributed by atoms with E-state index in [9.17, 15) is 9.90 Å². The van der Waals surface area contributed by atoms with Gasteiger partial charge in [-0.15, -0.1) is 0 Å². The van der Waals surface area contributed by atoms with E-state index in [1.54, 1.807) is 6.07 Å². The predicted octanol–water partition coefficient (Wildman–Crippen LogP) is -3.75. The molecule has 0 saturated heterocycles. The first-order valence-electron chi connectivity index (χ1n) is 8.16. The van der Waals surface area contributed by atoms with Crippen LogP contribution in [0.4, 0.5) is 0 Å². The van der Waals surface area contributed by atoms with E-state index in [1.165, 1.54) is 0 Å². The number of carbonyl (C=O) groups excluding carboxylic acids is 1. The van der Waals surface area contributed by atoms with Crippen molar-refractivity contribution in [3.8, 4) is 22.6 Å². The predicted molar refractivity (Wildman–Crippen MR) is 97.6 cm³/mol. The van der Waals surface area contributed by atoms with Gasteiger partial charge in [0.25, 0.3) is 0 Å². The molecule has 0 aliphatic carbocycles. The van der Waals surface area contributed by atoms with E-state index < -0.39 is 5.41 Å². The Morgan fingerprint density at radius 2 is 1.25 bits per heavy atom. The Balaban J connectivity index is -0.00000156. The van der Waals surface area contributed by atoms with Crippen molar-refractivity contribution in [2.24, 2.45) is 5.41 Å². The number of aryl methyl sites for hydroxylation is 2. The van der Waals surface area contributed by atoms with Crippen molar-refractivity contribution in [2.45, 2.75) is 48.5 Å². The third kappa shape index (κ3) is 6.67. The fourth-order valence-electron chi connectivity index (χ4n) is 2.56. The molecule has 0 amide bonds. The van der Waals surface area contributed by atoms with Gasteiger partial charge in [0.1, 0.15) is 11.5 Å². The second kappa shape index (κ2) is 12.1. The topological polar surface area (TPSA) is 46.5 Å². The minimum absolute atomic E-state index is 0. The van der Waals surface area contributed by atoms with Crippen LogP contribution in [0.25, 0.3) is 11.1 Å². The average molecular weight is 481 g/mol. The van der Waals surface area contributed by atoms with Crippen molar-refractivity contribution in [1.82, 2.24) is 0 Å². The third-order valence-electron chi connectivity index (χ3n) is 4.48. The molecule has 0 bridgehead atoms. The zero-order valence-electron chi connectivity index (χ0n) is 17.2. The first-order valence-corrected chi connectivity index (χ1v) is 8.16. The van der Waals surface area contributed by atoms with Crippen LogP contribution in [-0.2, 0) is 26.5 Å². The summed E-state index contributed by atoms with van der Waals surface area (Å²) in [6.45, 7) is 13.4. The maximum Gasteiger partial charge on any atom is 3.00 e. The second-order valence-electron chi connectivity index (χ2n) is 7.42. The average Bonchev–Trinajstić information content (AvgIpc) is 2.48. The van der Waals surface area contributed by atoms with Crippen LogP contribution >= 0.6 is 0 Å². The number of esters is 1. The molecule has 0 aliphatic rings. The number of rotatable bonds is 2. The van der Waals surface area contributed by atoms with Crippen LogP contribution in [0.1, 0.15) is 43.0 Å². The van der Waals surface area contributed by atoms with Crippen molar-refractivity contribution in [3.05, 3.63) is 46.5 Å². The Kier molecular flexibility index (Phi) is 13.8. The molecule has 0 aliphatic heterocycles. The van der Waals surface area contributed by atoms with Crippen molar-refractivity contribution >= 4 is 5.97 Å². The van der Waals surface area contributed by atoms with Crippen molar-refractivity contribution in [2.75, 3.05) is 0 Å². The van der Waals surface area contributed by atoms with Gasteiger partial charge in [-0.1, -0.05) is 12.1 Å². The number of hydrogen-bond donors (Lipinski definition) is 1. The monoisotopic (exact) mass is 479 g/mol. The van der Waals surface area contributed by atoms with Crippen molar-refractivity contribution in [3.63, 3.8) is 0 Å². The quantitative estimate of drug-likeness (QED) is 0.273. The molecule has 0 saturated carbocycles. The molecule has 0 spiro atoms. The molecular weight excluding hydrogens is 454 g/mol. The van der Waals surface area contributed by atoms with Gasteiger partial charge in [-0.05, 0) is 82.9 Å². The minimum atomic E-state index is -0.597. The van der Waals surface area contributed by atoms with E-state index in [4.69, 9.17) is 4.74 Å². The number of phenolic OH excluding ortho intramolecular Hbond substituents is 1. The van der Waals surface area contributed by atoms with Gasteiger partial charge in [0, 0.05) is 11.1 Å². The van der Waals surface area contributed by atoms with Crippen LogP contribution in [0, 0.1) is 33.1 Å². The summed E-state index contributed by atoms with van der Waals surface area (Å²) in [5.41, 5.74) is 5.06. The molecule has 7 heteroatoms. The Morgan fingerprint density at radius 1 is 0.821 bits per heavy atom. The third-order valence-corrected chi connectivity index (χ3v) is 4.48. The summed E-state index contributed by atoms with van der Waals surface area (Å²) in [7, 11) is 0. The molecular formula is C21H26Cl3O3Ti. The standard InChI is InChI=1S/C21H26O3.3ClH.Ti/c1-12-8-10-16(22)18(14(12)3)19-15(4)13(2)9-11-17(19)24-20(23)21(5,6)7;;;;/h8-11,22H,1-7H3;3*1H;/q;;;;+3/p-3. The van der Waals surface area contributed by atoms with Crippen LogP contribution in [-0.4, -0.2) is 11.1 Å². The van der Waals surface area contributed by atoms with Crippen LogP contribution in [0.15, 0.2) is 24.3 Å². The molecule has 0 atom stereocenters. The van der Waals surface area contributed by atoms with E-state index in [0.717, 1.165) is 33.4 Å². The van der Waals surface area contributed by atoms with Gasteiger partial charge in [-0.2, -0.15) is 0 Å². The zero-order valence-corrected chi connectivity index (χ0v) is 21.0. The van der Waals surface area contributed by atoms with Crippen LogP contribution in [0.5, 0.6) is 11.5 Å². The number of carbonyl (C=O) groups is 1. The molecule has 0 fully saturated rings. The number of hydrogen-bond acceptors (Lipinski definition) is 3. The van der Waals surface area contributed by atoms with Gasteiger partial charge in [0.15, 0.2) is 0 Å². The molecule has 2 rings (SSSR count). The van der Waals surface area contributed by atoms with Crippen LogP contribution in [0.2, 0.25) is 0 Å². The molecule has 0 heterocycles. The smallest absolute Gasteiger partial charge is 1.00 e. The van der Waals surface area contributed by atoms with Crippen LogP contribution < -0.4 is 42.0 Å². The maximum absolute atomic E-state index is 12.4. The van der Waals surface area contributed by atoms with E-state index in [1.807, 2.05) is 66.7 Å². The molecule has 1 radical (unpaired) electrons. The van der Waals surface area contributed by atoms with Gasteiger partial charge in [0.05, 0.1) is 5.41 Å². The summed E-state index contributed by atoms with van der Waals surface area (Å²) in [6.07, 6.45) is 0. The van der Waals surface area contributed by atoms with E-state index in [-0.39, 0.29) is 70.7 Å². The Hall–Kier alpha value is -0.706. The second-order valence-corrected chi connectivity index (χ2v) is 7.42. The Morgan fingerprint density at radius 3 is 1.71 bits per heavy atom. The van der Waals surface area contributed by atoms with Gasteiger partial charge >= 0.3 is 27.7 Å². The molecule has 2 aromatic rings. The molecule has 28 heavy (non-hydrogen) atoms. The van der Waals surface area contributed by atoms with Gasteiger partial charge < -0.3 is 47.1 Å². The number of benzene rings is 2. The summed E-state index contributed by atoms with van der Waals surface area (Å²) >= 11 is 0. The van der Waals surface area contributed by atoms with E-state index in [0.29, 0.717) is 5.75 Å². The number of aromatic hydroxyl groups is 1. The maximum atomic E-state index is 12.4. The number of phenols is 1. The molecule has 2 aromatic carbocycles. The zero-order chi connectivity index (χ0) is 18.2. The van der Waals surface area contributed by atoms with Crippen LogP contribution in [0.3, 0.4) is 0 Å². The summed E-state index contributed by atoms with van der Waals surface area (Å²) in [6, 6.07) is 7.32. The molecule has 153 valence electrons.